The fourth-order valence-corrected chi connectivity index (χ4v) is 4.79. The minimum absolute atomic E-state index is 0.334. The Morgan fingerprint density at radius 3 is 2.37 bits per heavy atom. The summed E-state index contributed by atoms with van der Waals surface area (Å²) in [6.07, 6.45) is -3.69. The summed E-state index contributed by atoms with van der Waals surface area (Å²) in [6, 6.07) is 10.1. The average molecular weight is 398 g/mol. The van der Waals surface area contributed by atoms with Gasteiger partial charge in [-0.05, 0) is 61.7 Å². The lowest BCUT2D eigenvalue weighted by Crippen LogP contribution is -2.43. The van der Waals surface area contributed by atoms with Gasteiger partial charge in [-0.1, -0.05) is 30.3 Å². The second-order valence-electron chi connectivity index (χ2n) is 6.67. The number of sulfonamides is 1. The van der Waals surface area contributed by atoms with E-state index in [4.69, 9.17) is 0 Å². The van der Waals surface area contributed by atoms with Gasteiger partial charge in [0, 0.05) is 6.04 Å². The van der Waals surface area contributed by atoms with Crippen LogP contribution in [-0.2, 0) is 16.2 Å². The number of hydrogen-bond donors (Lipinski definition) is 2. The number of alkyl halides is 3. The first-order chi connectivity index (χ1) is 12.7. The first-order valence-electron chi connectivity index (χ1n) is 8.69. The Hall–Kier alpha value is -1.90. The van der Waals surface area contributed by atoms with Crippen molar-refractivity contribution in [2.75, 3.05) is 13.1 Å². The van der Waals surface area contributed by atoms with Crippen LogP contribution in [0.3, 0.4) is 0 Å². The normalized spacial score (nSPS) is 16.4. The van der Waals surface area contributed by atoms with Crippen LogP contribution in [0.2, 0.25) is 0 Å². The summed E-state index contributed by atoms with van der Waals surface area (Å²) in [7, 11) is -4.28. The Balaban J connectivity index is 2.03. The number of hydrogen-bond acceptors (Lipinski definition) is 3. The molecule has 2 aromatic rings. The van der Waals surface area contributed by atoms with Crippen molar-refractivity contribution in [1.29, 1.82) is 0 Å². The lowest BCUT2D eigenvalue weighted by molar-refractivity contribution is -0.139. The monoisotopic (exact) mass is 398 g/mol. The van der Waals surface area contributed by atoms with Crippen LogP contribution < -0.4 is 10.0 Å². The SMILES string of the molecule is Cc1ccccc1-c1ccc(S(=O)(=O)NC2CCNCC2)c(C(F)(F)F)c1. The van der Waals surface area contributed by atoms with Crippen LogP contribution >= 0.6 is 0 Å². The zero-order chi connectivity index (χ0) is 19.7. The predicted molar refractivity (Wildman–Crippen MR) is 97.8 cm³/mol. The van der Waals surface area contributed by atoms with Gasteiger partial charge in [0.25, 0.3) is 0 Å². The lowest BCUT2D eigenvalue weighted by Gasteiger charge is -2.24. The summed E-state index contributed by atoms with van der Waals surface area (Å²) in [5.41, 5.74) is 0.637. The van der Waals surface area contributed by atoms with Gasteiger partial charge in [-0.3, -0.25) is 0 Å². The third-order valence-corrected chi connectivity index (χ3v) is 6.27. The molecule has 1 aliphatic heterocycles. The van der Waals surface area contributed by atoms with E-state index in [0.29, 0.717) is 37.1 Å². The maximum Gasteiger partial charge on any atom is 0.417 e. The van der Waals surface area contributed by atoms with Crippen LogP contribution in [0.1, 0.15) is 24.0 Å². The quantitative estimate of drug-likeness (QED) is 0.826. The molecule has 3 rings (SSSR count). The number of nitrogens with one attached hydrogen (secondary N) is 2. The summed E-state index contributed by atoms with van der Waals surface area (Å²) in [5, 5.41) is 3.09. The molecule has 0 atom stereocenters. The highest BCUT2D eigenvalue weighted by atomic mass is 32.2. The molecular formula is C19H21F3N2O2S. The van der Waals surface area contributed by atoms with Gasteiger partial charge in [0.15, 0.2) is 0 Å². The van der Waals surface area contributed by atoms with Crippen LogP contribution in [0.4, 0.5) is 13.2 Å². The summed E-state index contributed by atoms with van der Waals surface area (Å²) < 4.78 is 68.7. The van der Waals surface area contributed by atoms with E-state index in [2.05, 4.69) is 10.0 Å². The predicted octanol–water partition coefficient (Wildman–Crippen LogP) is 3.71. The summed E-state index contributed by atoms with van der Waals surface area (Å²) in [4.78, 5) is -0.731. The van der Waals surface area contributed by atoms with Crippen molar-refractivity contribution < 1.29 is 21.6 Å². The number of benzene rings is 2. The van der Waals surface area contributed by atoms with Crippen molar-refractivity contribution in [3.8, 4) is 11.1 Å². The second kappa shape index (κ2) is 7.61. The van der Waals surface area contributed by atoms with Gasteiger partial charge in [-0.15, -0.1) is 0 Å². The standard InChI is InChI=1S/C19H21F3N2O2S/c1-13-4-2-3-5-16(13)14-6-7-18(17(12-14)19(20,21)22)27(25,26)24-15-8-10-23-11-9-15/h2-7,12,15,23-24H,8-11H2,1H3. The third kappa shape index (κ3) is 4.51. The topological polar surface area (TPSA) is 58.2 Å². The van der Waals surface area contributed by atoms with E-state index in [1.807, 2.05) is 0 Å². The Morgan fingerprint density at radius 2 is 1.74 bits per heavy atom. The molecule has 1 heterocycles. The molecule has 146 valence electrons. The van der Waals surface area contributed by atoms with Crippen molar-refractivity contribution in [2.24, 2.45) is 0 Å². The van der Waals surface area contributed by atoms with Gasteiger partial charge in [-0.25, -0.2) is 13.1 Å². The van der Waals surface area contributed by atoms with Crippen LogP contribution in [0, 0.1) is 6.92 Å². The zero-order valence-electron chi connectivity index (χ0n) is 14.8. The highest BCUT2D eigenvalue weighted by molar-refractivity contribution is 7.89. The van der Waals surface area contributed by atoms with Gasteiger partial charge >= 0.3 is 6.18 Å². The molecule has 0 unspecified atom stereocenters. The molecule has 27 heavy (non-hydrogen) atoms. The molecule has 1 fully saturated rings. The molecule has 2 N–H and O–H groups in total. The zero-order valence-corrected chi connectivity index (χ0v) is 15.6. The molecule has 0 spiro atoms. The molecule has 0 aliphatic carbocycles. The van der Waals surface area contributed by atoms with Gasteiger partial charge < -0.3 is 5.32 Å². The second-order valence-corrected chi connectivity index (χ2v) is 8.35. The number of halogens is 3. The van der Waals surface area contributed by atoms with E-state index in [1.54, 1.807) is 31.2 Å². The highest BCUT2D eigenvalue weighted by Gasteiger charge is 2.38. The molecule has 0 bridgehead atoms. The Morgan fingerprint density at radius 1 is 1.07 bits per heavy atom. The van der Waals surface area contributed by atoms with E-state index >= 15 is 0 Å². The summed E-state index contributed by atoms with van der Waals surface area (Å²) in [5.74, 6) is 0. The van der Waals surface area contributed by atoms with Gasteiger partial charge in [0.1, 0.15) is 0 Å². The van der Waals surface area contributed by atoms with Crippen molar-refractivity contribution in [2.45, 2.75) is 36.9 Å². The molecule has 1 saturated heterocycles. The Labute approximate surface area is 156 Å². The highest BCUT2D eigenvalue weighted by Crippen LogP contribution is 2.37. The fraction of sp³-hybridized carbons (Fsp3) is 0.368. The Bertz CT molecular complexity index is 921. The number of rotatable bonds is 4. The molecule has 0 amide bonds. The maximum atomic E-state index is 13.7. The van der Waals surface area contributed by atoms with Gasteiger partial charge in [0.05, 0.1) is 10.5 Å². The maximum absolute atomic E-state index is 13.7. The molecule has 0 aromatic heterocycles. The number of aryl methyl sites for hydroxylation is 1. The Kier molecular flexibility index (Phi) is 5.60. The minimum atomic E-state index is -4.78. The van der Waals surface area contributed by atoms with Crippen LogP contribution in [0.5, 0.6) is 0 Å². The van der Waals surface area contributed by atoms with Crippen molar-refractivity contribution >= 4 is 10.0 Å². The smallest absolute Gasteiger partial charge is 0.317 e. The molecule has 0 radical (unpaired) electrons. The van der Waals surface area contributed by atoms with E-state index in [9.17, 15) is 21.6 Å². The first kappa shape index (κ1) is 19.9. The molecule has 8 heteroatoms. The van der Waals surface area contributed by atoms with E-state index < -0.39 is 26.7 Å². The van der Waals surface area contributed by atoms with E-state index in [0.717, 1.165) is 17.7 Å². The number of piperidine rings is 1. The van der Waals surface area contributed by atoms with E-state index in [-0.39, 0.29) is 6.04 Å². The van der Waals surface area contributed by atoms with Gasteiger partial charge in [0.2, 0.25) is 10.0 Å². The van der Waals surface area contributed by atoms with Gasteiger partial charge in [-0.2, -0.15) is 13.2 Å². The fourth-order valence-electron chi connectivity index (χ4n) is 3.27. The summed E-state index contributed by atoms with van der Waals surface area (Å²) in [6.45, 7) is 3.06. The molecule has 1 aliphatic rings. The van der Waals surface area contributed by atoms with Crippen molar-refractivity contribution in [3.05, 3.63) is 53.6 Å². The van der Waals surface area contributed by atoms with Crippen molar-refractivity contribution in [1.82, 2.24) is 10.0 Å². The first-order valence-corrected chi connectivity index (χ1v) is 10.2. The van der Waals surface area contributed by atoms with E-state index in [1.165, 1.54) is 6.07 Å². The largest absolute Gasteiger partial charge is 0.417 e. The third-order valence-electron chi connectivity index (χ3n) is 4.69. The molecular weight excluding hydrogens is 377 g/mol. The lowest BCUT2D eigenvalue weighted by atomic mass is 9.99. The van der Waals surface area contributed by atoms with Crippen LogP contribution in [0.15, 0.2) is 47.4 Å². The van der Waals surface area contributed by atoms with Crippen LogP contribution in [0.25, 0.3) is 11.1 Å². The average Bonchev–Trinajstić information content (AvgIpc) is 2.61. The van der Waals surface area contributed by atoms with Crippen molar-refractivity contribution in [3.63, 3.8) is 0 Å². The van der Waals surface area contributed by atoms with Crippen LogP contribution in [-0.4, -0.2) is 27.5 Å². The summed E-state index contributed by atoms with van der Waals surface area (Å²) >= 11 is 0. The minimum Gasteiger partial charge on any atom is -0.317 e. The molecule has 4 nitrogen and oxygen atoms in total. The molecule has 0 saturated carbocycles. The molecule has 2 aromatic carbocycles.